The highest BCUT2D eigenvalue weighted by molar-refractivity contribution is 5.94. The monoisotopic (exact) mass is 528 g/mol. The predicted molar refractivity (Wildman–Crippen MR) is 133 cm³/mol. The number of hydrogen-bond acceptors (Lipinski definition) is 7. The zero-order chi connectivity index (χ0) is 27.4. The molecule has 1 aliphatic carbocycles. The van der Waals surface area contributed by atoms with Gasteiger partial charge in [-0.05, 0) is 49.8 Å². The average Bonchev–Trinajstić information content (AvgIpc) is 2.93. The lowest BCUT2D eigenvalue weighted by atomic mass is 9.69. The Morgan fingerprint density at radius 2 is 1.63 bits per heavy atom. The molecule has 4 rings (SSSR count). The van der Waals surface area contributed by atoms with Crippen LogP contribution in [-0.4, -0.2) is 60.4 Å². The van der Waals surface area contributed by atoms with Gasteiger partial charge in [0.05, 0.1) is 17.2 Å². The second-order valence-electron chi connectivity index (χ2n) is 9.83. The average molecular weight is 529 g/mol. The molecule has 0 radical (unpaired) electrons. The van der Waals surface area contributed by atoms with Gasteiger partial charge in [-0.2, -0.15) is 0 Å². The number of hydroxylamine groups is 1. The van der Waals surface area contributed by atoms with Crippen LogP contribution < -0.4 is 10.8 Å². The molecule has 1 aromatic heterocycles. The number of para-hydroxylation sites is 2. The predicted octanol–water partition coefficient (Wildman–Crippen LogP) is 2.93. The van der Waals surface area contributed by atoms with Crippen LogP contribution in [0.15, 0.2) is 60.8 Å². The van der Waals surface area contributed by atoms with Gasteiger partial charge in [-0.25, -0.2) is 19.2 Å². The highest BCUT2D eigenvalue weighted by Gasteiger charge is 2.58. The van der Waals surface area contributed by atoms with Crippen molar-refractivity contribution < 1.29 is 33.8 Å². The molecule has 2 amide bonds. The Balaban J connectivity index is 1.56. The van der Waals surface area contributed by atoms with Gasteiger partial charge < -0.3 is 15.5 Å². The van der Waals surface area contributed by atoms with Gasteiger partial charge in [0, 0.05) is 18.9 Å². The lowest BCUT2D eigenvalue weighted by Gasteiger charge is -2.46. The number of alkyl halides is 2. The van der Waals surface area contributed by atoms with Gasteiger partial charge in [-0.1, -0.05) is 42.5 Å². The molecule has 1 fully saturated rings. The number of carbonyl (C=O) groups excluding carboxylic acids is 2. The topological polar surface area (TPSA) is 145 Å². The molecular weight excluding hydrogens is 498 g/mol. The SMILES string of the molecule is O=C(NC(CCC(O)(C(=O)NO)C1(O)CCC(F)(F)CC1)Cc1ccccc1)c1cnc2ccccc2n1. The fourth-order valence-corrected chi connectivity index (χ4v) is 4.93. The summed E-state index contributed by atoms with van der Waals surface area (Å²) >= 11 is 0. The van der Waals surface area contributed by atoms with Crippen molar-refractivity contribution in [1.29, 1.82) is 0 Å². The minimum atomic E-state index is -3.02. The van der Waals surface area contributed by atoms with E-state index in [4.69, 9.17) is 0 Å². The zero-order valence-electron chi connectivity index (χ0n) is 20.6. The molecule has 1 aliphatic rings. The number of benzene rings is 2. The standard InChI is InChI=1S/C27H30F2N4O5/c28-26(29)14-12-25(36,13-15-26)27(37,24(35)33-38)11-10-19(16-18-6-2-1-3-7-18)31-23(34)22-17-30-20-8-4-5-9-21(20)32-22/h1-9,17,19,36-38H,10-16H2,(H,31,34)(H,33,35). The molecule has 0 aliphatic heterocycles. The number of hydrogen-bond donors (Lipinski definition) is 5. The van der Waals surface area contributed by atoms with Crippen molar-refractivity contribution in [2.45, 2.75) is 68.1 Å². The van der Waals surface area contributed by atoms with Crippen molar-refractivity contribution in [1.82, 2.24) is 20.8 Å². The summed E-state index contributed by atoms with van der Waals surface area (Å²) in [5, 5.41) is 34.6. The van der Waals surface area contributed by atoms with E-state index in [1.807, 2.05) is 30.3 Å². The number of aliphatic hydroxyl groups is 2. The summed E-state index contributed by atoms with van der Waals surface area (Å²) in [5.74, 6) is -4.85. The molecule has 11 heteroatoms. The zero-order valence-corrected chi connectivity index (χ0v) is 20.6. The summed E-state index contributed by atoms with van der Waals surface area (Å²) in [6, 6.07) is 15.6. The third-order valence-electron chi connectivity index (χ3n) is 7.25. The Kier molecular flexibility index (Phi) is 8.00. The number of rotatable bonds is 9. The van der Waals surface area contributed by atoms with Gasteiger partial charge in [0.2, 0.25) is 5.92 Å². The minimum Gasteiger partial charge on any atom is -0.386 e. The quantitative estimate of drug-likeness (QED) is 0.212. The fourth-order valence-electron chi connectivity index (χ4n) is 4.93. The molecule has 0 saturated heterocycles. The molecule has 9 nitrogen and oxygen atoms in total. The second-order valence-corrected chi connectivity index (χ2v) is 9.83. The first kappa shape index (κ1) is 27.5. The summed E-state index contributed by atoms with van der Waals surface area (Å²) in [6.07, 6.45) is -1.28. The van der Waals surface area contributed by atoms with Crippen molar-refractivity contribution in [3.8, 4) is 0 Å². The van der Waals surface area contributed by atoms with Crippen LogP contribution in [0.4, 0.5) is 8.78 Å². The maximum Gasteiger partial charge on any atom is 0.278 e. The molecule has 2 unspecified atom stereocenters. The van der Waals surface area contributed by atoms with Crippen molar-refractivity contribution in [3.05, 3.63) is 72.1 Å². The first-order valence-corrected chi connectivity index (χ1v) is 12.4. The van der Waals surface area contributed by atoms with E-state index in [0.717, 1.165) is 5.56 Å². The number of aromatic nitrogens is 2. The van der Waals surface area contributed by atoms with Crippen molar-refractivity contribution in [2.75, 3.05) is 0 Å². The summed E-state index contributed by atoms with van der Waals surface area (Å²) in [7, 11) is 0. The van der Waals surface area contributed by atoms with E-state index in [9.17, 15) is 33.8 Å². The Morgan fingerprint density at radius 1 is 1.00 bits per heavy atom. The van der Waals surface area contributed by atoms with Gasteiger partial charge in [0.15, 0.2) is 5.60 Å². The van der Waals surface area contributed by atoms with Crippen LogP contribution in [-0.2, 0) is 11.2 Å². The van der Waals surface area contributed by atoms with Crippen LogP contribution in [0.1, 0.15) is 54.6 Å². The Morgan fingerprint density at radius 3 is 2.29 bits per heavy atom. The largest absolute Gasteiger partial charge is 0.386 e. The Labute approximate surface area is 217 Å². The number of nitrogens with zero attached hydrogens (tertiary/aromatic N) is 2. The van der Waals surface area contributed by atoms with Gasteiger partial charge in [-0.3, -0.25) is 19.8 Å². The van der Waals surface area contributed by atoms with E-state index in [2.05, 4.69) is 15.3 Å². The summed E-state index contributed by atoms with van der Waals surface area (Å²) in [5.41, 5.74) is -1.32. The number of nitrogens with one attached hydrogen (secondary N) is 2. The van der Waals surface area contributed by atoms with E-state index >= 15 is 0 Å². The first-order chi connectivity index (χ1) is 18.1. The van der Waals surface area contributed by atoms with Crippen LogP contribution in [0.5, 0.6) is 0 Å². The number of fused-ring (bicyclic) bond motifs is 1. The second kappa shape index (κ2) is 11.1. The maximum atomic E-state index is 13.8. The normalized spacial score (nSPS) is 18.8. The van der Waals surface area contributed by atoms with Crippen LogP contribution in [0.25, 0.3) is 11.0 Å². The third kappa shape index (κ3) is 5.95. The van der Waals surface area contributed by atoms with Crippen LogP contribution >= 0.6 is 0 Å². The molecule has 1 saturated carbocycles. The Hall–Kier alpha value is -3.54. The van der Waals surface area contributed by atoms with Gasteiger partial charge >= 0.3 is 0 Å². The molecule has 3 aromatic rings. The molecule has 5 N–H and O–H groups in total. The maximum absolute atomic E-state index is 13.8. The third-order valence-corrected chi connectivity index (χ3v) is 7.25. The van der Waals surface area contributed by atoms with Gasteiger partial charge in [-0.15, -0.1) is 0 Å². The number of halogens is 2. The summed E-state index contributed by atoms with van der Waals surface area (Å²) in [4.78, 5) is 34.3. The molecule has 1 heterocycles. The van der Waals surface area contributed by atoms with Crippen LogP contribution in [0, 0.1) is 0 Å². The van der Waals surface area contributed by atoms with Gasteiger partial charge in [0.1, 0.15) is 11.3 Å². The molecule has 0 bridgehead atoms. The molecule has 2 aromatic carbocycles. The van der Waals surface area contributed by atoms with Gasteiger partial charge in [0.25, 0.3) is 11.8 Å². The van der Waals surface area contributed by atoms with Crippen molar-refractivity contribution in [2.24, 2.45) is 0 Å². The van der Waals surface area contributed by atoms with E-state index in [1.165, 1.54) is 11.7 Å². The van der Waals surface area contributed by atoms with E-state index in [-0.39, 0.29) is 12.1 Å². The molecular formula is C27H30F2N4O5. The summed E-state index contributed by atoms with van der Waals surface area (Å²) < 4.78 is 27.6. The highest BCUT2D eigenvalue weighted by atomic mass is 19.3. The van der Waals surface area contributed by atoms with Crippen molar-refractivity contribution in [3.63, 3.8) is 0 Å². The number of amides is 2. The minimum absolute atomic E-state index is 0.0235. The number of carbonyl (C=O) groups is 2. The highest BCUT2D eigenvalue weighted by Crippen LogP contribution is 2.45. The Bertz CT molecular complexity index is 1280. The lowest BCUT2D eigenvalue weighted by Crippen LogP contribution is -2.64. The summed E-state index contributed by atoms with van der Waals surface area (Å²) in [6.45, 7) is 0. The molecule has 202 valence electrons. The van der Waals surface area contributed by atoms with Crippen LogP contribution in [0.2, 0.25) is 0 Å². The van der Waals surface area contributed by atoms with Crippen LogP contribution in [0.3, 0.4) is 0 Å². The van der Waals surface area contributed by atoms with E-state index in [0.29, 0.717) is 17.5 Å². The molecule has 0 spiro atoms. The van der Waals surface area contributed by atoms with Crippen molar-refractivity contribution >= 4 is 22.8 Å². The molecule has 2 atom stereocenters. The smallest absolute Gasteiger partial charge is 0.278 e. The van der Waals surface area contributed by atoms with E-state index in [1.54, 1.807) is 24.3 Å². The van der Waals surface area contributed by atoms with E-state index < -0.39 is 67.1 Å². The molecule has 38 heavy (non-hydrogen) atoms. The lowest BCUT2D eigenvalue weighted by molar-refractivity contribution is -0.208. The first-order valence-electron chi connectivity index (χ1n) is 12.4. The fraction of sp³-hybridized carbons (Fsp3) is 0.407.